The maximum Gasteiger partial charge on any atom is 0.433 e. The Hall–Kier alpha value is -3.76. The van der Waals surface area contributed by atoms with Crippen molar-refractivity contribution < 1.29 is 26.8 Å². The van der Waals surface area contributed by atoms with Crippen LogP contribution in [0.4, 0.5) is 23.2 Å². The van der Waals surface area contributed by atoms with E-state index in [0.717, 1.165) is 18.2 Å². The summed E-state index contributed by atoms with van der Waals surface area (Å²) in [5.41, 5.74) is -1.05. The number of carbonyl (C=O) groups is 1. The van der Waals surface area contributed by atoms with Gasteiger partial charge in [0, 0.05) is 5.69 Å². The number of benzene rings is 1. The number of halogens is 4. The third-order valence-corrected chi connectivity index (χ3v) is 3.68. The van der Waals surface area contributed by atoms with Crippen molar-refractivity contribution in [1.82, 2.24) is 19.6 Å². The lowest BCUT2D eigenvalue weighted by atomic mass is 10.2. The molecule has 0 bridgehead atoms. The Labute approximate surface area is 153 Å². The fourth-order valence-electron chi connectivity index (χ4n) is 2.44. The summed E-state index contributed by atoms with van der Waals surface area (Å²) in [5, 5.41) is 6.00. The van der Waals surface area contributed by atoms with Crippen molar-refractivity contribution in [3.05, 3.63) is 66.1 Å². The molecule has 1 amide bonds. The third-order valence-electron chi connectivity index (χ3n) is 3.68. The number of amides is 1. The number of aromatic nitrogens is 4. The Kier molecular flexibility index (Phi) is 4.06. The Morgan fingerprint density at radius 2 is 1.86 bits per heavy atom. The highest BCUT2D eigenvalue weighted by atomic mass is 19.4. The molecule has 3 aromatic heterocycles. The van der Waals surface area contributed by atoms with Crippen LogP contribution in [0.1, 0.15) is 16.3 Å². The third kappa shape index (κ3) is 3.29. The van der Waals surface area contributed by atoms with Crippen LogP contribution in [-0.4, -0.2) is 25.5 Å². The van der Waals surface area contributed by atoms with Gasteiger partial charge in [0.15, 0.2) is 11.5 Å². The highest BCUT2D eigenvalue weighted by molar-refractivity contribution is 6.01. The maximum absolute atomic E-state index is 13.5. The van der Waals surface area contributed by atoms with Crippen molar-refractivity contribution in [2.24, 2.45) is 0 Å². The monoisotopic (exact) mass is 391 g/mol. The number of hydrogen-bond acceptors (Lipinski definition) is 5. The average molecular weight is 391 g/mol. The zero-order valence-electron chi connectivity index (χ0n) is 13.7. The highest BCUT2D eigenvalue weighted by Gasteiger charge is 2.36. The molecule has 0 spiro atoms. The van der Waals surface area contributed by atoms with Gasteiger partial charge in [-0.1, -0.05) is 0 Å². The van der Waals surface area contributed by atoms with E-state index in [0.29, 0.717) is 4.52 Å². The second-order valence-electron chi connectivity index (χ2n) is 5.61. The van der Waals surface area contributed by atoms with Gasteiger partial charge in [0.25, 0.3) is 11.7 Å². The smallest absolute Gasteiger partial charge is 0.433 e. The Bertz CT molecular complexity index is 1150. The van der Waals surface area contributed by atoms with E-state index in [2.05, 4.69) is 20.4 Å². The van der Waals surface area contributed by atoms with Crippen molar-refractivity contribution in [2.75, 3.05) is 5.32 Å². The van der Waals surface area contributed by atoms with Gasteiger partial charge in [-0.2, -0.15) is 22.7 Å². The van der Waals surface area contributed by atoms with Crippen LogP contribution in [0.3, 0.4) is 0 Å². The Balaban J connectivity index is 1.77. The highest BCUT2D eigenvalue weighted by Crippen LogP contribution is 2.32. The first-order chi connectivity index (χ1) is 13.3. The second kappa shape index (κ2) is 6.44. The predicted octanol–water partition coefficient (Wildman–Crippen LogP) is 3.79. The van der Waals surface area contributed by atoms with Crippen molar-refractivity contribution in [3.8, 4) is 11.5 Å². The Morgan fingerprint density at radius 3 is 2.50 bits per heavy atom. The summed E-state index contributed by atoms with van der Waals surface area (Å²) >= 11 is 0. The molecule has 0 fully saturated rings. The van der Waals surface area contributed by atoms with E-state index < -0.39 is 35.2 Å². The summed E-state index contributed by atoms with van der Waals surface area (Å²) in [6.07, 6.45) is -3.49. The predicted molar refractivity (Wildman–Crippen MR) is 87.8 cm³/mol. The molecule has 142 valence electrons. The number of rotatable bonds is 3. The molecule has 4 aromatic rings. The number of nitrogens with zero attached hydrogens (tertiary/aromatic N) is 4. The molecule has 0 aliphatic heterocycles. The van der Waals surface area contributed by atoms with E-state index in [1.54, 1.807) is 0 Å². The molecule has 3 heterocycles. The van der Waals surface area contributed by atoms with Gasteiger partial charge in [-0.25, -0.2) is 9.37 Å². The molecule has 28 heavy (non-hydrogen) atoms. The van der Waals surface area contributed by atoms with E-state index in [4.69, 9.17) is 4.42 Å². The molecular weight excluding hydrogens is 382 g/mol. The van der Waals surface area contributed by atoms with Crippen LogP contribution in [0.15, 0.2) is 53.1 Å². The van der Waals surface area contributed by atoms with Gasteiger partial charge in [0.05, 0.1) is 6.26 Å². The zero-order valence-corrected chi connectivity index (χ0v) is 13.7. The summed E-state index contributed by atoms with van der Waals surface area (Å²) in [6, 6.07) is 8.51. The summed E-state index contributed by atoms with van der Waals surface area (Å²) < 4.78 is 58.8. The molecule has 7 nitrogen and oxygen atoms in total. The fraction of sp³-hybridized carbons (Fsp3) is 0.0588. The second-order valence-corrected chi connectivity index (χ2v) is 5.61. The largest absolute Gasteiger partial charge is 0.463 e. The number of hydrogen-bond donors (Lipinski definition) is 1. The van der Waals surface area contributed by atoms with Crippen LogP contribution in [-0.2, 0) is 6.18 Å². The number of alkyl halides is 3. The van der Waals surface area contributed by atoms with E-state index in [1.165, 1.54) is 30.5 Å². The van der Waals surface area contributed by atoms with E-state index in [9.17, 15) is 22.4 Å². The summed E-state index contributed by atoms with van der Waals surface area (Å²) in [7, 11) is 0. The molecule has 4 rings (SSSR count). The standard InChI is InChI=1S/C17H9F4N5O2/c18-9-3-5-10(6-4-9)22-15(27)14-24-16-23-11(12-2-1-7-28-12)8-13(17(19,20)21)26(16)25-14/h1-8H,(H,22,27). The summed E-state index contributed by atoms with van der Waals surface area (Å²) in [6.45, 7) is 0. The number of fused-ring (bicyclic) bond motifs is 1. The van der Waals surface area contributed by atoms with Gasteiger partial charge in [0.1, 0.15) is 11.5 Å². The molecule has 0 saturated heterocycles. The topological polar surface area (TPSA) is 85.3 Å². The molecule has 1 N–H and O–H groups in total. The molecular formula is C17H9F4N5O2. The van der Waals surface area contributed by atoms with Crippen molar-refractivity contribution in [3.63, 3.8) is 0 Å². The number of carbonyl (C=O) groups excluding carboxylic acids is 1. The molecule has 1 aromatic carbocycles. The van der Waals surface area contributed by atoms with Gasteiger partial charge in [-0.05, 0) is 42.5 Å². The molecule has 0 saturated carbocycles. The fourth-order valence-corrected chi connectivity index (χ4v) is 2.44. The first-order valence-corrected chi connectivity index (χ1v) is 7.77. The van der Waals surface area contributed by atoms with E-state index in [-0.39, 0.29) is 17.1 Å². The normalized spacial score (nSPS) is 11.7. The van der Waals surface area contributed by atoms with Crippen LogP contribution in [0.5, 0.6) is 0 Å². The van der Waals surface area contributed by atoms with Crippen molar-refractivity contribution >= 4 is 17.4 Å². The van der Waals surface area contributed by atoms with Crippen LogP contribution in [0.2, 0.25) is 0 Å². The van der Waals surface area contributed by atoms with Crippen LogP contribution in [0, 0.1) is 5.82 Å². The van der Waals surface area contributed by atoms with Crippen LogP contribution in [0.25, 0.3) is 17.2 Å². The molecule has 0 aliphatic rings. The molecule has 0 radical (unpaired) electrons. The SMILES string of the molecule is O=C(Nc1ccc(F)cc1)c1nc2nc(-c3ccco3)cc(C(F)(F)F)n2n1. The van der Waals surface area contributed by atoms with E-state index in [1.807, 2.05) is 0 Å². The number of anilines is 1. The minimum absolute atomic E-state index is 0.105. The maximum atomic E-state index is 13.5. The number of nitrogens with one attached hydrogen (secondary N) is 1. The van der Waals surface area contributed by atoms with E-state index >= 15 is 0 Å². The lowest BCUT2D eigenvalue weighted by Gasteiger charge is -2.09. The van der Waals surface area contributed by atoms with Gasteiger partial charge >= 0.3 is 6.18 Å². The van der Waals surface area contributed by atoms with Crippen LogP contribution < -0.4 is 5.32 Å². The van der Waals surface area contributed by atoms with Gasteiger partial charge < -0.3 is 9.73 Å². The Morgan fingerprint density at radius 1 is 1.11 bits per heavy atom. The van der Waals surface area contributed by atoms with Gasteiger partial charge in [0.2, 0.25) is 5.82 Å². The summed E-state index contributed by atoms with van der Waals surface area (Å²) in [5.74, 6) is -2.23. The molecule has 0 aliphatic carbocycles. The van der Waals surface area contributed by atoms with Gasteiger partial charge in [-0.3, -0.25) is 4.79 Å². The molecule has 11 heteroatoms. The summed E-state index contributed by atoms with van der Waals surface area (Å²) in [4.78, 5) is 20.0. The quantitative estimate of drug-likeness (QED) is 0.537. The van der Waals surface area contributed by atoms with Crippen LogP contribution >= 0.6 is 0 Å². The first kappa shape index (κ1) is 17.6. The lowest BCUT2D eigenvalue weighted by Crippen LogP contribution is -2.16. The number of furan rings is 1. The zero-order chi connectivity index (χ0) is 19.9. The average Bonchev–Trinajstić information content (AvgIpc) is 3.31. The van der Waals surface area contributed by atoms with Crippen molar-refractivity contribution in [1.29, 1.82) is 0 Å². The lowest BCUT2D eigenvalue weighted by molar-refractivity contribution is -0.142. The van der Waals surface area contributed by atoms with Crippen molar-refractivity contribution in [2.45, 2.75) is 6.18 Å². The molecule has 0 unspecified atom stereocenters. The first-order valence-electron chi connectivity index (χ1n) is 7.77. The minimum Gasteiger partial charge on any atom is -0.463 e. The van der Waals surface area contributed by atoms with Gasteiger partial charge in [-0.15, -0.1) is 5.10 Å². The molecule has 0 atom stereocenters. The minimum atomic E-state index is -4.78.